The van der Waals surface area contributed by atoms with E-state index in [0.29, 0.717) is 17.5 Å². The van der Waals surface area contributed by atoms with Gasteiger partial charge in [0.05, 0.1) is 0 Å². The molecular weight excluding hydrogens is 663 g/mol. The van der Waals surface area contributed by atoms with Crippen molar-refractivity contribution in [2.45, 2.75) is 0 Å². The van der Waals surface area contributed by atoms with Gasteiger partial charge in [-0.25, -0.2) is 15.0 Å². The summed E-state index contributed by atoms with van der Waals surface area (Å²) in [7, 11) is 0. The van der Waals surface area contributed by atoms with Gasteiger partial charge in [-0.15, -0.1) is 22.7 Å². The molecule has 0 unspecified atom stereocenters. The predicted molar refractivity (Wildman–Crippen MR) is 215 cm³/mol. The van der Waals surface area contributed by atoms with Crippen LogP contribution in [-0.2, 0) is 0 Å². The fourth-order valence-electron chi connectivity index (χ4n) is 7.32. The molecule has 0 aliphatic rings. The average molecular weight is 688 g/mol. The lowest BCUT2D eigenvalue weighted by atomic mass is 10.00. The van der Waals surface area contributed by atoms with Crippen molar-refractivity contribution in [3.63, 3.8) is 0 Å². The molecule has 0 amide bonds. The molecule has 0 bridgehead atoms. The minimum atomic E-state index is 0.624. The normalized spacial score (nSPS) is 11.9. The third-order valence-corrected chi connectivity index (χ3v) is 12.2. The Morgan fingerprint density at radius 3 is 1.55 bits per heavy atom. The first-order valence-corrected chi connectivity index (χ1v) is 18.5. The number of hydrogen-bond acceptors (Lipinski definition) is 6. The van der Waals surface area contributed by atoms with Crippen LogP contribution in [0.3, 0.4) is 0 Å². The zero-order valence-electron chi connectivity index (χ0n) is 27.0. The zero-order chi connectivity index (χ0) is 33.5. The smallest absolute Gasteiger partial charge is 0.165 e. The Morgan fingerprint density at radius 1 is 0.353 bits per heavy atom. The Balaban J connectivity index is 1.10. The number of rotatable bonds is 4. The van der Waals surface area contributed by atoms with E-state index in [1.165, 1.54) is 45.9 Å². The summed E-state index contributed by atoms with van der Waals surface area (Å²) in [6.45, 7) is 0. The molecule has 7 aromatic carbocycles. The van der Waals surface area contributed by atoms with Crippen LogP contribution in [0, 0.1) is 0 Å². The van der Waals surface area contributed by atoms with E-state index < -0.39 is 0 Å². The highest BCUT2D eigenvalue weighted by atomic mass is 32.1. The third kappa shape index (κ3) is 4.54. The Morgan fingerprint density at radius 2 is 0.863 bits per heavy atom. The van der Waals surface area contributed by atoms with Gasteiger partial charge < -0.3 is 4.42 Å². The molecule has 11 aromatic rings. The molecule has 11 rings (SSSR count). The summed E-state index contributed by atoms with van der Waals surface area (Å²) in [6, 6.07) is 53.2. The number of furan rings is 1. The molecule has 0 aliphatic carbocycles. The van der Waals surface area contributed by atoms with E-state index in [9.17, 15) is 0 Å². The van der Waals surface area contributed by atoms with E-state index in [2.05, 4.69) is 115 Å². The molecule has 0 spiro atoms. The molecule has 6 heteroatoms. The lowest BCUT2D eigenvalue weighted by Gasteiger charge is -2.09. The van der Waals surface area contributed by atoms with Crippen LogP contribution in [0.1, 0.15) is 0 Å². The molecule has 4 aromatic heterocycles. The molecule has 0 aliphatic heterocycles. The largest absolute Gasteiger partial charge is 0.456 e. The first kappa shape index (κ1) is 28.6. The maximum atomic E-state index is 6.38. The van der Waals surface area contributed by atoms with Crippen molar-refractivity contribution >= 4 is 85.0 Å². The zero-order valence-corrected chi connectivity index (χ0v) is 28.6. The van der Waals surface area contributed by atoms with Crippen molar-refractivity contribution < 1.29 is 4.42 Å². The first-order valence-electron chi connectivity index (χ1n) is 16.8. The van der Waals surface area contributed by atoms with Crippen molar-refractivity contribution in [3.05, 3.63) is 152 Å². The highest BCUT2D eigenvalue weighted by molar-refractivity contribution is 7.26. The summed E-state index contributed by atoms with van der Waals surface area (Å²) in [6.07, 6.45) is 0. The van der Waals surface area contributed by atoms with Gasteiger partial charge in [0.25, 0.3) is 0 Å². The number of hydrogen-bond donors (Lipinski definition) is 0. The Hall–Kier alpha value is -6.21. The van der Waals surface area contributed by atoms with Crippen molar-refractivity contribution in [2.24, 2.45) is 0 Å². The van der Waals surface area contributed by atoms with Gasteiger partial charge in [-0.2, -0.15) is 0 Å². The monoisotopic (exact) mass is 687 g/mol. The summed E-state index contributed by atoms with van der Waals surface area (Å²) in [4.78, 5) is 15.3. The Labute approximate surface area is 299 Å². The molecular formula is C45H25N3OS2. The topological polar surface area (TPSA) is 51.8 Å². The van der Waals surface area contributed by atoms with Gasteiger partial charge in [-0.1, -0.05) is 103 Å². The maximum absolute atomic E-state index is 6.38. The Kier molecular flexibility index (Phi) is 6.26. The second-order valence-corrected chi connectivity index (χ2v) is 14.9. The molecule has 0 fully saturated rings. The number of nitrogens with zero attached hydrogens (tertiary/aromatic N) is 3. The summed E-state index contributed by atoms with van der Waals surface area (Å²) in [5, 5.41) is 7.15. The highest BCUT2D eigenvalue weighted by Crippen LogP contribution is 2.43. The quantitative estimate of drug-likeness (QED) is 0.185. The van der Waals surface area contributed by atoms with Gasteiger partial charge in [0.2, 0.25) is 0 Å². The number of aromatic nitrogens is 3. The van der Waals surface area contributed by atoms with E-state index in [4.69, 9.17) is 19.4 Å². The summed E-state index contributed by atoms with van der Waals surface area (Å²) in [5.74, 6) is 1.93. The van der Waals surface area contributed by atoms with Gasteiger partial charge in [0, 0.05) is 67.8 Å². The standard InChI is InChI=1S/C45H25N3OS2/c1-2-10-26(11-3-1)43-46-44(48-45(47-43)34-17-9-16-33-31-13-5-7-19-40(31)51-42(33)34)28-21-23-38-36(25-28)35-24-27(20-22-37(35)49-38)29-14-8-15-32-30-12-4-6-18-39(30)50-41(29)32/h1-25H. The van der Waals surface area contributed by atoms with Crippen LogP contribution in [0.25, 0.3) is 108 Å². The van der Waals surface area contributed by atoms with E-state index >= 15 is 0 Å². The second-order valence-electron chi connectivity index (χ2n) is 12.8. The van der Waals surface area contributed by atoms with Crippen LogP contribution >= 0.6 is 22.7 Å². The van der Waals surface area contributed by atoms with E-state index in [1.807, 2.05) is 47.7 Å². The van der Waals surface area contributed by atoms with E-state index in [1.54, 1.807) is 11.3 Å². The SMILES string of the molecule is c1ccc(-c2nc(-c3ccc4oc5ccc(-c6cccc7c6sc6ccccc67)cc5c4c3)nc(-c3cccc4c3sc3ccccc34)n2)cc1. The van der Waals surface area contributed by atoms with Gasteiger partial charge in [-0.3, -0.25) is 0 Å². The van der Waals surface area contributed by atoms with Crippen molar-refractivity contribution in [3.8, 4) is 45.3 Å². The van der Waals surface area contributed by atoms with Crippen molar-refractivity contribution in [1.29, 1.82) is 0 Å². The molecule has 0 N–H and O–H groups in total. The highest BCUT2D eigenvalue weighted by Gasteiger charge is 2.18. The van der Waals surface area contributed by atoms with Crippen LogP contribution in [-0.4, -0.2) is 15.0 Å². The molecule has 4 nitrogen and oxygen atoms in total. The molecule has 0 radical (unpaired) electrons. The fraction of sp³-hybridized carbons (Fsp3) is 0. The minimum absolute atomic E-state index is 0.624. The van der Waals surface area contributed by atoms with E-state index in [-0.39, 0.29) is 0 Å². The lowest BCUT2D eigenvalue weighted by molar-refractivity contribution is 0.669. The van der Waals surface area contributed by atoms with Crippen molar-refractivity contribution in [1.82, 2.24) is 15.0 Å². The molecule has 51 heavy (non-hydrogen) atoms. The molecule has 4 heterocycles. The Bertz CT molecular complexity index is 3160. The number of benzene rings is 7. The van der Waals surface area contributed by atoms with Crippen LogP contribution in [0.15, 0.2) is 156 Å². The minimum Gasteiger partial charge on any atom is -0.456 e. The fourth-order valence-corrected chi connectivity index (χ4v) is 9.77. The molecule has 0 saturated heterocycles. The second kappa shape index (κ2) is 11.2. The van der Waals surface area contributed by atoms with Crippen LogP contribution < -0.4 is 0 Å². The summed E-state index contributed by atoms with van der Waals surface area (Å²) < 4.78 is 11.4. The van der Waals surface area contributed by atoms with Crippen LogP contribution in [0.2, 0.25) is 0 Å². The third-order valence-electron chi connectivity index (χ3n) is 9.76. The van der Waals surface area contributed by atoms with Gasteiger partial charge in [0.1, 0.15) is 11.2 Å². The van der Waals surface area contributed by atoms with Crippen LogP contribution in [0.5, 0.6) is 0 Å². The number of fused-ring (bicyclic) bond motifs is 9. The summed E-state index contributed by atoms with van der Waals surface area (Å²) >= 11 is 3.63. The molecule has 0 atom stereocenters. The average Bonchev–Trinajstić information content (AvgIpc) is 3.89. The lowest BCUT2D eigenvalue weighted by Crippen LogP contribution is -2.00. The maximum Gasteiger partial charge on any atom is 0.165 e. The molecule has 238 valence electrons. The van der Waals surface area contributed by atoms with Crippen molar-refractivity contribution in [2.75, 3.05) is 0 Å². The number of thiophene rings is 2. The van der Waals surface area contributed by atoms with Gasteiger partial charge >= 0.3 is 0 Å². The molecule has 0 saturated carbocycles. The van der Waals surface area contributed by atoms with E-state index in [0.717, 1.165) is 44.2 Å². The van der Waals surface area contributed by atoms with Crippen LogP contribution in [0.4, 0.5) is 0 Å². The van der Waals surface area contributed by atoms with Gasteiger partial charge in [-0.05, 0) is 59.7 Å². The van der Waals surface area contributed by atoms with Gasteiger partial charge in [0.15, 0.2) is 17.5 Å². The summed E-state index contributed by atoms with van der Waals surface area (Å²) in [5.41, 5.74) is 6.94. The predicted octanol–water partition coefficient (Wildman–Crippen LogP) is 13.2. The first-order chi connectivity index (χ1) is 25.2.